The molecule has 0 saturated carbocycles. The van der Waals surface area contributed by atoms with Gasteiger partial charge in [0.15, 0.2) is 12.4 Å². The van der Waals surface area contributed by atoms with Gasteiger partial charge in [-0.15, -0.1) is 0 Å². The molecule has 2 aromatic carbocycles. The number of nitrogens with one attached hydrogen (secondary N) is 1. The molecule has 0 radical (unpaired) electrons. The second-order valence-corrected chi connectivity index (χ2v) is 6.43. The average Bonchev–Trinajstić information content (AvgIpc) is 2.72. The Morgan fingerprint density at radius 3 is 2.34 bits per heavy atom. The fourth-order valence-electron chi connectivity index (χ4n) is 2.70. The highest BCUT2D eigenvalue weighted by Gasteiger charge is 2.18. The van der Waals surface area contributed by atoms with E-state index in [1.165, 1.54) is 18.9 Å². The predicted molar refractivity (Wildman–Crippen MR) is 110 cm³/mol. The Hall–Kier alpha value is -3.35. The summed E-state index contributed by atoms with van der Waals surface area (Å²) in [5.74, 6) is 0.382. The zero-order valence-corrected chi connectivity index (χ0v) is 16.9. The molecule has 1 N–H and O–H groups in total. The van der Waals surface area contributed by atoms with Crippen LogP contribution >= 0.6 is 0 Å². The van der Waals surface area contributed by atoms with E-state index < -0.39 is 0 Å². The van der Waals surface area contributed by atoms with Gasteiger partial charge in [0.05, 0.1) is 19.3 Å². The molecule has 7 heteroatoms. The summed E-state index contributed by atoms with van der Waals surface area (Å²) in [4.78, 5) is 37.7. The summed E-state index contributed by atoms with van der Waals surface area (Å²) >= 11 is 0. The highest BCUT2D eigenvalue weighted by molar-refractivity contribution is 5.96. The minimum absolute atomic E-state index is 0.0391. The Labute approximate surface area is 170 Å². The van der Waals surface area contributed by atoms with Gasteiger partial charge < -0.3 is 19.7 Å². The quantitative estimate of drug-likeness (QED) is 0.622. The molecule has 29 heavy (non-hydrogen) atoms. The van der Waals surface area contributed by atoms with Crippen molar-refractivity contribution in [3.05, 3.63) is 54.1 Å². The molecule has 0 aliphatic carbocycles. The summed E-state index contributed by atoms with van der Waals surface area (Å²) in [5, 5.41) is 2.77. The molecule has 0 atom stereocenters. The van der Waals surface area contributed by atoms with E-state index in [0.29, 0.717) is 35.7 Å². The van der Waals surface area contributed by atoms with E-state index in [-0.39, 0.29) is 30.7 Å². The number of ketones is 1. The Bertz CT molecular complexity index is 849. The number of benzene rings is 2. The van der Waals surface area contributed by atoms with Gasteiger partial charge in [0.25, 0.3) is 5.91 Å². The first-order valence-electron chi connectivity index (χ1n) is 9.39. The van der Waals surface area contributed by atoms with Gasteiger partial charge in [-0.3, -0.25) is 14.4 Å². The number of anilines is 1. The molecule has 0 spiro atoms. The molecule has 154 valence electrons. The Balaban J connectivity index is 1.94. The van der Waals surface area contributed by atoms with Gasteiger partial charge in [-0.1, -0.05) is 19.1 Å². The molecule has 0 aromatic heterocycles. The van der Waals surface area contributed by atoms with Gasteiger partial charge in [0, 0.05) is 12.1 Å². The van der Waals surface area contributed by atoms with E-state index in [2.05, 4.69) is 5.32 Å². The van der Waals surface area contributed by atoms with Crippen LogP contribution in [0.4, 0.5) is 5.69 Å². The second-order valence-electron chi connectivity index (χ2n) is 6.43. The van der Waals surface area contributed by atoms with Gasteiger partial charge in [-0.05, 0) is 49.7 Å². The van der Waals surface area contributed by atoms with Gasteiger partial charge in [0.2, 0.25) is 5.91 Å². The highest BCUT2D eigenvalue weighted by atomic mass is 16.5. The summed E-state index contributed by atoms with van der Waals surface area (Å²) in [7, 11) is 1.53. The standard InChI is InChI=1S/C22H26N2O5/c1-4-13-24(14-21(26)23-19-7-5-6-8-20(19)28-3)22(27)15-29-18-11-9-17(10-12-18)16(2)25/h5-12H,4,13-15H2,1-3H3,(H,23,26). The molecule has 0 aliphatic heterocycles. The number of nitrogens with zero attached hydrogens (tertiary/aromatic N) is 1. The third kappa shape index (κ3) is 6.64. The van der Waals surface area contributed by atoms with E-state index in [0.717, 1.165) is 0 Å². The average molecular weight is 398 g/mol. The number of ether oxygens (including phenoxy) is 2. The molecule has 7 nitrogen and oxygen atoms in total. The van der Waals surface area contributed by atoms with Crippen molar-refractivity contribution in [3.8, 4) is 11.5 Å². The summed E-state index contributed by atoms with van der Waals surface area (Å²) in [6.45, 7) is 3.57. The number of Topliss-reactive ketones (excluding diaryl/α,β-unsaturated/α-hetero) is 1. The van der Waals surface area contributed by atoms with Crippen LogP contribution in [0.5, 0.6) is 11.5 Å². The third-order valence-electron chi connectivity index (χ3n) is 4.18. The van der Waals surface area contributed by atoms with Gasteiger partial charge >= 0.3 is 0 Å². The second kappa shape index (κ2) is 10.8. The van der Waals surface area contributed by atoms with Crippen LogP contribution in [-0.2, 0) is 9.59 Å². The van der Waals surface area contributed by atoms with Gasteiger partial charge in [0.1, 0.15) is 11.5 Å². The normalized spacial score (nSPS) is 10.2. The fourth-order valence-corrected chi connectivity index (χ4v) is 2.70. The van der Waals surface area contributed by atoms with Crippen LogP contribution in [0.1, 0.15) is 30.6 Å². The minimum Gasteiger partial charge on any atom is -0.495 e. The first-order valence-corrected chi connectivity index (χ1v) is 9.39. The van der Waals surface area contributed by atoms with Crippen LogP contribution in [0.25, 0.3) is 0 Å². The number of methoxy groups -OCH3 is 1. The maximum atomic E-state index is 12.5. The lowest BCUT2D eigenvalue weighted by Gasteiger charge is -2.22. The lowest BCUT2D eigenvalue weighted by molar-refractivity contribution is -0.136. The molecular formula is C22H26N2O5. The van der Waals surface area contributed by atoms with Crippen LogP contribution < -0.4 is 14.8 Å². The molecule has 2 aromatic rings. The van der Waals surface area contributed by atoms with E-state index in [9.17, 15) is 14.4 Å². The van der Waals surface area contributed by atoms with Gasteiger partial charge in [-0.25, -0.2) is 0 Å². The van der Waals surface area contributed by atoms with Gasteiger partial charge in [-0.2, -0.15) is 0 Å². The maximum Gasteiger partial charge on any atom is 0.260 e. The molecule has 2 amide bonds. The lowest BCUT2D eigenvalue weighted by atomic mass is 10.1. The van der Waals surface area contributed by atoms with Crippen molar-refractivity contribution in [2.24, 2.45) is 0 Å². The summed E-state index contributed by atoms with van der Waals surface area (Å²) < 4.78 is 10.7. The van der Waals surface area contributed by atoms with Crippen molar-refractivity contribution >= 4 is 23.3 Å². The van der Waals surface area contributed by atoms with Crippen LogP contribution in [0, 0.1) is 0 Å². The van der Waals surface area contributed by atoms with Crippen LogP contribution in [0.3, 0.4) is 0 Å². The molecule has 0 fully saturated rings. The highest BCUT2D eigenvalue weighted by Crippen LogP contribution is 2.22. The maximum absolute atomic E-state index is 12.5. The molecular weight excluding hydrogens is 372 g/mol. The molecule has 0 aliphatic rings. The van der Waals surface area contributed by atoms with E-state index in [4.69, 9.17) is 9.47 Å². The monoisotopic (exact) mass is 398 g/mol. The predicted octanol–water partition coefficient (Wildman–Crippen LogP) is 3.15. The Morgan fingerprint density at radius 1 is 1.03 bits per heavy atom. The third-order valence-corrected chi connectivity index (χ3v) is 4.18. The Morgan fingerprint density at radius 2 is 1.72 bits per heavy atom. The number of hydrogen-bond donors (Lipinski definition) is 1. The van der Waals surface area contributed by atoms with E-state index in [1.54, 1.807) is 42.5 Å². The largest absolute Gasteiger partial charge is 0.495 e. The van der Waals surface area contributed by atoms with Crippen molar-refractivity contribution in [1.82, 2.24) is 4.90 Å². The summed E-state index contributed by atoms with van der Waals surface area (Å²) in [5.41, 5.74) is 1.12. The van der Waals surface area contributed by atoms with Crippen LogP contribution in [0.15, 0.2) is 48.5 Å². The SMILES string of the molecule is CCCN(CC(=O)Nc1ccccc1OC)C(=O)COc1ccc(C(C)=O)cc1. The zero-order chi connectivity index (χ0) is 21.2. The van der Waals surface area contributed by atoms with Crippen LogP contribution in [0.2, 0.25) is 0 Å². The number of amides is 2. The lowest BCUT2D eigenvalue weighted by Crippen LogP contribution is -2.41. The van der Waals surface area contributed by atoms with Crippen molar-refractivity contribution in [1.29, 1.82) is 0 Å². The molecule has 0 heterocycles. The molecule has 0 saturated heterocycles. The molecule has 2 rings (SSSR count). The fraction of sp³-hybridized carbons (Fsp3) is 0.318. The van der Waals surface area contributed by atoms with Crippen molar-refractivity contribution < 1.29 is 23.9 Å². The smallest absolute Gasteiger partial charge is 0.260 e. The molecule has 0 unspecified atom stereocenters. The number of para-hydroxylation sites is 2. The van der Waals surface area contributed by atoms with Crippen LogP contribution in [-0.4, -0.2) is 49.3 Å². The summed E-state index contributed by atoms with van der Waals surface area (Å²) in [6, 6.07) is 13.6. The number of rotatable bonds is 10. The minimum atomic E-state index is -0.317. The van der Waals surface area contributed by atoms with Crippen molar-refractivity contribution in [2.45, 2.75) is 20.3 Å². The van der Waals surface area contributed by atoms with E-state index in [1.807, 2.05) is 13.0 Å². The number of carbonyl (C=O) groups excluding carboxylic acids is 3. The van der Waals surface area contributed by atoms with E-state index >= 15 is 0 Å². The number of hydrogen-bond acceptors (Lipinski definition) is 5. The van der Waals surface area contributed by atoms with Crippen molar-refractivity contribution in [3.63, 3.8) is 0 Å². The molecule has 0 bridgehead atoms. The first kappa shape index (κ1) is 21.9. The first-order chi connectivity index (χ1) is 13.9. The zero-order valence-electron chi connectivity index (χ0n) is 16.9. The summed E-state index contributed by atoms with van der Waals surface area (Å²) in [6.07, 6.45) is 0.709. The Kier molecular flexibility index (Phi) is 8.21. The van der Waals surface area contributed by atoms with Crippen molar-refractivity contribution in [2.75, 3.05) is 32.1 Å². The topological polar surface area (TPSA) is 84.9 Å². The number of carbonyl (C=O) groups is 3.